The highest BCUT2D eigenvalue weighted by atomic mass is 16.5. The van der Waals surface area contributed by atoms with E-state index in [1.165, 1.54) is 19.6 Å². The lowest BCUT2D eigenvalue weighted by Crippen LogP contribution is -2.30. The first-order valence-electron chi connectivity index (χ1n) is 13.1. The Morgan fingerprint density at radius 3 is 2.50 bits per heavy atom. The van der Waals surface area contributed by atoms with Crippen molar-refractivity contribution in [3.8, 4) is 39.9 Å². The van der Waals surface area contributed by atoms with Crippen LogP contribution in [0.4, 0.5) is 0 Å². The van der Waals surface area contributed by atoms with Gasteiger partial charge in [0.15, 0.2) is 11.5 Å². The zero-order valence-electron chi connectivity index (χ0n) is 21.9. The van der Waals surface area contributed by atoms with Crippen LogP contribution in [-0.4, -0.2) is 37.0 Å². The minimum absolute atomic E-state index is 0.0533. The highest BCUT2D eigenvalue weighted by molar-refractivity contribution is 5.84. The van der Waals surface area contributed by atoms with Crippen molar-refractivity contribution in [3.63, 3.8) is 0 Å². The molecule has 7 heteroatoms. The maximum Gasteiger partial charge on any atom is 0.302 e. The third kappa shape index (κ3) is 3.75. The van der Waals surface area contributed by atoms with Crippen molar-refractivity contribution in [2.24, 2.45) is 0 Å². The number of methoxy groups -OCH3 is 2. The summed E-state index contributed by atoms with van der Waals surface area (Å²) in [6.45, 7) is 1.59. The molecule has 1 heterocycles. The van der Waals surface area contributed by atoms with Crippen LogP contribution in [0.25, 0.3) is 11.1 Å². The van der Waals surface area contributed by atoms with Crippen LogP contribution in [-0.2, 0) is 21.4 Å². The van der Waals surface area contributed by atoms with E-state index in [1.54, 1.807) is 25.3 Å². The Hall–Kier alpha value is -3.87. The Balaban J connectivity index is 1.55. The fraction of sp³-hybridized carbons (Fsp3) is 0.387. The summed E-state index contributed by atoms with van der Waals surface area (Å²) in [5.41, 5.74) is 6.07. The molecule has 3 aromatic rings. The monoisotopic (exact) mass is 516 g/mol. The second kappa shape index (κ2) is 9.15. The molecule has 2 aliphatic carbocycles. The van der Waals surface area contributed by atoms with Gasteiger partial charge in [-0.05, 0) is 54.2 Å². The van der Waals surface area contributed by atoms with E-state index in [1.807, 2.05) is 12.1 Å². The van der Waals surface area contributed by atoms with Gasteiger partial charge in [-0.15, -0.1) is 0 Å². The first-order chi connectivity index (χ1) is 18.3. The standard InChI is InChI=1S/C31H32O7/c1-17(32)37-16-23-21-7-8-22-27-19(12-20(33)14-26(27)36-3)15-31(10-4-5-11-31)28(22)30(21)38-29(23)18-6-9-24(34)25(13-18)35-2/h6-9,12-14,23,29,33-34H,4-5,10-11,15-16H2,1-3H3/t23-,29+/m0/s1. The van der Waals surface area contributed by atoms with Gasteiger partial charge in [0.1, 0.15) is 30.0 Å². The van der Waals surface area contributed by atoms with Crippen LogP contribution < -0.4 is 14.2 Å². The van der Waals surface area contributed by atoms with E-state index in [4.69, 9.17) is 18.9 Å². The predicted molar refractivity (Wildman–Crippen MR) is 141 cm³/mol. The summed E-state index contributed by atoms with van der Waals surface area (Å²) in [4.78, 5) is 11.8. The molecule has 1 aliphatic heterocycles. The SMILES string of the molecule is COc1cc([C@H]2Oc3c(ccc4c3C3(CCCC3)Cc3cc(O)cc(OC)c3-4)[C@@H]2COC(C)=O)ccc1O. The third-order valence-corrected chi connectivity index (χ3v) is 8.47. The number of rotatable bonds is 5. The van der Waals surface area contributed by atoms with Crippen LogP contribution in [0.2, 0.25) is 0 Å². The van der Waals surface area contributed by atoms with Crippen molar-refractivity contribution >= 4 is 5.97 Å². The molecule has 6 rings (SSSR count). The molecule has 0 unspecified atom stereocenters. The molecule has 0 radical (unpaired) electrons. The lowest BCUT2D eigenvalue weighted by atomic mass is 9.65. The molecule has 38 heavy (non-hydrogen) atoms. The number of aromatic hydroxyl groups is 2. The average Bonchev–Trinajstić information content (AvgIpc) is 3.51. The Bertz CT molecular complexity index is 1420. The maximum atomic E-state index is 11.8. The largest absolute Gasteiger partial charge is 0.508 e. The van der Waals surface area contributed by atoms with Gasteiger partial charge < -0.3 is 29.2 Å². The quantitative estimate of drug-likeness (QED) is 0.406. The molecule has 0 aromatic heterocycles. The molecule has 1 fully saturated rings. The van der Waals surface area contributed by atoms with Gasteiger partial charge in [0, 0.05) is 35.1 Å². The highest BCUT2D eigenvalue weighted by Crippen LogP contribution is 2.61. The van der Waals surface area contributed by atoms with Crippen LogP contribution in [0.5, 0.6) is 28.7 Å². The Labute approximate surface area is 221 Å². The molecule has 2 N–H and O–H groups in total. The van der Waals surface area contributed by atoms with Gasteiger partial charge in [-0.2, -0.15) is 0 Å². The van der Waals surface area contributed by atoms with Crippen LogP contribution in [0.3, 0.4) is 0 Å². The number of esters is 1. The van der Waals surface area contributed by atoms with E-state index < -0.39 is 6.10 Å². The molecule has 2 atom stereocenters. The molecule has 3 aromatic carbocycles. The van der Waals surface area contributed by atoms with Crippen molar-refractivity contribution in [3.05, 3.63) is 64.7 Å². The number of carbonyl (C=O) groups excluding carboxylic acids is 1. The van der Waals surface area contributed by atoms with Gasteiger partial charge in [0.2, 0.25) is 0 Å². The first kappa shape index (κ1) is 24.5. The van der Waals surface area contributed by atoms with E-state index in [0.29, 0.717) is 11.5 Å². The molecule has 7 nitrogen and oxygen atoms in total. The summed E-state index contributed by atoms with van der Waals surface area (Å²) >= 11 is 0. The molecular weight excluding hydrogens is 484 g/mol. The van der Waals surface area contributed by atoms with E-state index in [0.717, 1.165) is 65.7 Å². The fourth-order valence-corrected chi connectivity index (χ4v) is 6.88. The average molecular weight is 517 g/mol. The number of phenols is 2. The third-order valence-electron chi connectivity index (χ3n) is 8.47. The van der Waals surface area contributed by atoms with Gasteiger partial charge in [-0.1, -0.05) is 31.0 Å². The number of benzene rings is 3. The Kier molecular flexibility index (Phi) is 5.89. The molecule has 1 spiro atoms. The van der Waals surface area contributed by atoms with Crippen molar-refractivity contribution in [2.75, 3.05) is 20.8 Å². The number of carbonyl (C=O) groups is 1. The van der Waals surface area contributed by atoms with E-state index in [9.17, 15) is 15.0 Å². The number of hydrogen-bond acceptors (Lipinski definition) is 7. The Morgan fingerprint density at radius 2 is 1.79 bits per heavy atom. The molecule has 0 amide bonds. The van der Waals surface area contributed by atoms with Gasteiger partial charge in [0.25, 0.3) is 0 Å². The van der Waals surface area contributed by atoms with E-state index in [2.05, 4.69) is 12.1 Å². The number of hydrogen-bond donors (Lipinski definition) is 2. The topological polar surface area (TPSA) is 94.5 Å². The van der Waals surface area contributed by atoms with Gasteiger partial charge in [-0.3, -0.25) is 4.79 Å². The molecule has 198 valence electrons. The first-order valence-corrected chi connectivity index (χ1v) is 13.1. The van der Waals surface area contributed by atoms with Crippen LogP contribution in [0.1, 0.15) is 66.9 Å². The lowest BCUT2D eigenvalue weighted by Gasteiger charge is -2.39. The minimum Gasteiger partial charge on any atom is -0.508 e. The van der Waals surface area contributed by atoms with Crippen molar-refractivity contribution in [2.45, 2.75) is 56.5 Å². The maximum absolute atomic E-state index is 11.8. The Morgan fingerprint density at radius 1 is 1.03 bits per heavy atom. The normalized spacial score (nSPS) is 20.3. The number of ether oxygens (including phenoxy) is 4. The van der Waals surface area contributed by atoms with Gasteiger partial charge in [-0.25, -0.2) is 0 Å². The molecule has 3 aliphatic rings. The second-order valence-electron chi connectivity index (χ2n) is 10.6. The smallest absolute Gasteiger partial charge is 0.302 e. The summed E-state index contributed by atoms with van der Waals surface area (Å²) in [5.74, 6) is 1.54. The molecule has 0 bridgehead atoms. The van der Waals surface area contributed by atoms with Crippen molar-refractivity contribution in [1.29, 1.82) is 0 Å². The fourth-order valence-electron chi connectivity index (χ4n) is 6.88. The van der Waals surface area contributed by atoms with Crippen molar-refractivity contribution in [1.82, 2.24) is 0 Å². The summed E-state index contributed by atoms with van der Waals surface area (Å²) in [6.07, 6.45) is 4.69. The number of fused-ring (bicyclic) bond motifs is 6. The minimum atomic E-state index is -0.424. The number of phenolic OH excluding ortho intramolecular Hbond substituents is 2. The molecular formula is C31H32O7. The second-order valence-corrected chi connectivity index (χ2v) is 10.6. The predicted octanol–water partition coefficient (Wildman–Crippen LogP) is 5.93. The van der Waals surface area contributed by atoms with Crippen LogP contribution >= 0.6 is 0 Å². The van der Waals surface area contributed by atoms with Crippen molar-refractivity contribution < 1.29 is 34.0 Å². The lowest BCUT2D eigenvalue weighted by molar-refractivity contribution is -0.141. The summed E-state index contributed by atoms with van der Waals surface area (Å²) in [5, 5.41) is 20.6. The summed E-state index contributed by atoms with van der Waals surface area (Å²) in [6, 6.07) is 13.0. The molecule has 0 saturated heterocycles. The zero-order chi connectivity index (χ0) is 26.6. The van der Waals surface area contributed by atoms with E-state index in [-0.39, 0.29) is 35.4 Å². The van der Waals surface area contributed by atoms with Gasteiger partial charge in [0.05, 0.1) is 20.1 Å². The summed E-state index contributed by atoms with van der Waals surface area (Å²) < 4.78 is 23.5. The van der Waals surface area contributed by atoms with Gasteiger partial charge >= 0.3 is 5.97 Å². The zero-order valence-corrected chi connectivity index (χ0v) is 21.9. The highest BCUT2D eigenvalue weighted by Gasteiger charge is 2.48. The summed E-state index contributed by atoms with van der Waals surface area (Å²) in [7, 11) is 3.14. The van der Waals surface area contributed by atoms with E-state index >= 15 is 0 Å². The van der Waals surface area contributed by atoms with Crippen LogP contribution in [0.15, 0.2) is 42.5 Å². The molecule has 1 saturated carbocycles. The van der Waals surface area contributed by atoms with Crippen LogP contribution in [0, 0.1) is 0 Å².